The maximum Gasteiger partial charge on any atom is 0.200 e. The third kappa shape index (κ3) is 4.95. The molecule has 0 spiro atoms. The van der Waals surface area contributed by atoms with E-state index in [4.69, 9.17) is 9.47 Å². The van der Waals surface area contributed by atoms with E-state index in [2.05, 4.69) is 6.92 Å². The van der Waals surface area contributed by atoms with E-state index >= 15 is 0 Å². The molecule has 3 nitrogen and oxygen atoms in total. The van der Waals surface area contributed by atoms with Crippen LogP contribution >= 0.6 is 0 Å². The summed E-state index contributed by atoms with van der Waals surface area (Å²) in [7, 11) is 0. The zero-order chi connectivity index (χ0) is 14.9. The molecule has 0 aliphatic rings. The predicted molar refractivity (Wildman–Crippen MR) is 83.1 cm³/mol. The summed E-state index contributed by atoms with van der Waals surface area (Å²) in [5.41, 5.74) is 0.660. The van der Waals surface area contributed by atoms with Gasteiger partial charge in [-0.1, -0.05) is 49.7 Å². The number of ketones is 1. The molecule has 0 fully saturated rings. The molecule has 0 bridgehead atoms. The van der Waals surface area contributed by atoms with Crippen molar-refractivity contribution in [3.05, 3.63) is 60.2 Å². The Kier molecular flexibility index (Phi) is 5.83. The molecule has 0 N–H and O–H groups in total. The maximum atomic E-state index is 12.0. The van der Waals surface area contributed by atoms with Crippen molar-refractivity contribution in [3.63, 3.8) is 0 Å². The Bertz CT molecular complexity index is 564. The first kappa shape index (κ1) is 15.1. The molecule has 21 heavy (non-hydrogen) atoms. The van der Waals surface area contributed by atoms with Gasteiger partial charge in [0.15, 0.2) is 12.4 Å². The van der Waals surface area contributed by atoms with Gasteiger partial charge in [0.05, 0.1) is 6.61 Å². The minimum Gasteiger partial charge on any atom is -0.493 e. The van der Waals surface area contributed by atoms with Crippen LogP contribution in [0.15, 0.2) is 54.6 Å². The molecule has 0 saturated heterocycles. The number of ether oxygens (including phenoxy) is 2. The summed E-state index contributed by atoms with van der Waals surface area (Å²) in [4.78, 5) is 12.0. The lowest BCUT2D eigenvalue weighted by atomic mass is 10.1. The Balaban J connectivity index is 1.88. The molecule has 0 atom stereocenters. The smallest absolute Gasteiger partial charge is 0.200 e. The van der Waals surface area contributed by atoms with Crippen LogP contribution in [0.5, 0.6) is 11.5 Å². The van der Waals surface area contributed by atoms with Gasteiger partial charge in [-0.05, 0) is 18.6 Å². The van der Waals surface area contributed by atoms with Crippen LogP contribution < -0.4 is 9.47 Å². The Hall–Kier alpha value is -2.29. The van der Waals surface area contributed by atoms with Gasteiger partial charge in [0.25, 0.3) is 0 Å². The third-order valence-corrected chi connectivity index (χ3v) is 3.04. The molecular weight excluding hydrogens is 264 g/mol. The normalized spacial score (nSPS) is 10.1. The molecule has 2 aromatic rings. The van der Waals surface area contributed by atoms with E-state index in [1.165, 1.54) is 0 Å². The number of Topliss-reactive ketones (excluding diaryl/α,β-unsaturated/α-hetero) is 1. The van der Waals surface area contributed by atoms with Crippen LogP contribution in [0.25, 0.3) is 0 Å². The summed E-state index contributed by atoms with van der Waals surface area (Å²) in [6, 6.07) is 16.5. The second kappa shape index (κ2) is 8.10. The number of hydrogen-bond donors (Lipinski definition) is 0. The fourth-order valence-electron chi connectivity index (χ4n) is 1.84. The zero-order valence-corrected chi connectivity index (χ0v) is 12.2. The first-order valence-electron chi connectivity index (χ1n) is 7.23. The Morgan fingerprint density at radius 1 is 0.952 bits per heavy atom. The second-order valence-electron chi connectivity index (χ2n) is 4.75. The van der Waals surface area contributed by atoms with Crippen LogP contribution in [0, 0.1) is 0 Å². The minimum atomic E-state index is -0.0343. The molecule has 0 aliphatic carbocycles. The average Bonchev–Trinajstić information content (AvgIpc) is 2.54. The molecule has 3 heteroatoms. The predicted octanol–water partition coefficient (Wildman–Crippen LogP) is 4.13. The van der Waals surface area contributed by atoms with Crippen LogP contribution in [0.1, 0.15) is 30.1 Å². The number of benzene rings is 2. The molecule has 2 aromatic carbocycles. The monoisotopic (exact) mass is 284 g/mol. The van der Waals surface area contributed by atoms with E-state index in [9.17, 15) is 4.79 Å². The average molecular weight is 284 g/mol. The fourth-order valence-corrected chi connectivity index (χ4v) is 1.84. The van der Waals surface area contributed by atoms with Crippen molar-refractivity contribution in [3.8, 4) is 11.5 Å². The van der Waals surface area contributed by atoms with E-state index in [-0.39, 0.29) is 12.4 Å². The van der Waals surface area contributed by atoms with Gasteiger partial charge < -0.3 is 9.47 Å². The molecule has 0 aromatic heterocycles. The lowest BCUT2D eigenvalue weighted by molar-refractivity contribution is 0.0921. The van der Waals surface area contributed by atoms with Crippen LogP contribution in [-0.2, 0) is 0 Å². The highest BCUT2D eigenvalue weighted by Gasteiger charge is 2.06. The molecular formula is C18H20O3. The van der Waals surface area contributed by atoms with Crippen LogP contribution in [0.2, 0.25) is 0 Å². The molecule has 0 amide bonds. The number of carbonyl (C=O) groups is 1. The van der Waals surface area contributed by atoms with Crippen molar-refractivity contribution in [1.29, 1.82) is 0 Å². The van der Waals surface area contributed by atoms with Crippen molar-refractivity contribution in [2.45, 2.75) is 19.8 Å². The van der Waals surface area contributed by atoms with Crippen molar-refractivity contribution >= 4 is 5.78 Å². The Morgan fingerprint density at radius 3 is 2.38 bits per heavy atom. The third-order valence-electron chi connectivity index (χ3n) is 3.04. The van der Waals surface area contributed by atoms with E-state index in [1.807, 2.05) is 42.5 Å². The standard InChI is InChI=1S/C18H20O3/c1-2-3-12-20-16-10-7-11-17(13-16)21-14-18(19)15-8-5-4-6-9-15/h4-11,13H,2-3,12,14H2,1H3. The highest BCUT2D eigenvalue weighted by atomic mass is 16.5. The summed E-state index contributed by atoms with van der Waals surface area (Å²) in [5.74, 6) is 1.38. The van der Waals surface area contributed by atoms with E-state index in [0.717, 1.165) is 18.6 Å². The van der Waals surface area contributed by atoms with Gasteiger partial charge in [-0.25, -0.2) is 0 Å². The molecule has 0 unspecified atom stereocenters. The largest absolute Gasteiger partial charge is 0.493 e. The number of carbonyl (C=O) groups excluding carboxylic acids is 1. The lowest BCUT2D eigenvalue weighted by Gasteiger charge is -2.09. The summed E-state index contributed by atoms with van der Waals surface area (Å²) in [6.07, 6.45) is 2.12. The van der Waals surface area contributed by atoms with Gasteiger partial charge in [-0.15, -0.1) is 0 Å². The zero-order valence-electron chi connectivity index (χ0n) is 12.2. The number of hydrogen-bond acceptors (Lipinski definition) is 3. The van der Waals surface area contributed by atoms with Gasteiger partial charge in [0.1, 0.15) is 11.5 Å². The van der Waals surface area contributed by atoms with Gasteiger partial charge in [0, 0.05) is 11.6 Å². The molecule has 110 valence electrons. The molecule has 0 radical (unpaired) electrons. The van der Waals surface area contributed by atoms with Crippen LogP contribution in [-0.4, -0.2) is 19.0 Å². The number of unbranched alkanes of at least 4 members (excludes halogenated alkanes) is 1. The molecule has 2 rings (SSSR count). The minimum absolute atomic E-state index is 0.0302. The highest BCUT2D eigenvalue weighted by molar-refractivity contribution is 5.97. The topological polar surface area (TPSA) is 35.5 Å². The SMILES string of the molecule is CCCCOc1cccc(OCC(=O)c2ccccc2)c1. The van der Waals surface area contributed by atoms with Crippen molar-refractivity contribution in [1.82, 2.24) is 0 Å². The van der Waals surface area contributed by atoms with Crippen LogP contribution in [0.4, 0.5) is 0 Å². The fraction of sp³-hybridized carbons (Fsp3) is 0.278. The Morgan fingerprint density at radius 2 is 1.67 bits per heavy atom. The van der Waals surface area contributed by atoms with Gasteiger partial charge >= 0.3 is 0 Å². The lowest BCUT2D eigenvalue weighted by Crippen LogP contribution is -2.11. The van der Waals surface area contributed by atoms with Crippen molar-refractivity contribution in [2.75, 3.05) is 13.2 Å². The molecule has 0 aliphatic heterocycles. The van der Waals surface area contributed by atoms with Gasteiger partial charge in [-0.2, -0.15) is 0 Å². The van der Waals surface area contributed by atoms with E-state index < -0.39 is 0 Å². The Labute approximate surface area is 125 Å². The molecule has 0 saturated carbocycles. The van der Waals surface area contributed by atoms with E-state index in [1.54, 1.807) is 12.1 Å². The van der Waals surface area contributed by atoms with Gasteiger partial charge in [0.2, 0.25) is 0 Å². The highest BCUT2D eigenvalue weighted by Crippen LogP contribution is 2.20. The second-order valence-corrected chi connectivity index (χ2v) is 4.75. The van der Waals surface area contributed by atoms with Gasteiger partial charge in [-0.3, -0.25) is 4.79 Å². The summed E-state index contributed by atoms with van der Waals surface area (Å²) < 4.78 is 11.2. The first-order chi connectivity index (χ1) is 10.3. The summed E-state index contributed by atoms with van der Waals surface area (Å²) >= 11 is 0. The molecule has 0 heterocycles. The van der Waals surface area contributed by atoms with Crippen molar-refractivity contribution < 1.29 is 14.3 Å². The number of rotatable bonds is 8. The maximum absolute atomic E-state index is 12.0. The first-order valence-corrected chi connectivity index (χ1v) is 7.23. The van der Waals surface area contributed by atoms with Crippen LogP contribution in [0.3, 0.4) is 0 Å². The van der Waals surface area contributed by atoms with E-state index in [0.29, 0.717) is 17.9 Å². The van der Waals surface area contributed by atoms with Crippen molar-refractivity contribution in [2.24, 2.45) is 0 Å². The summed E-state index contributed by atoms with van der Waals surface area (Å²) in [5, 5.41) is 0. The quantitative estimate of drug-likeness (QED) is 0.540. The summed E-state index contributed by atoms with van der Waals surface area (Å²) in [6.45, 7) is 2.85.